The minimum Gasteiger partial charge on any atom is -0.365 e. The lowest BCUT2D eigenvalue weighted by Crippen LogP contribution is -2.08. The molecule has 0 radical (unpaired) electrons. The van der Waals surface area contributed by atoms with Gasteiger partial charge in [-0.1, -0.05) is 18.2 Å². The van der Waals surface area contributed by atoms with E-state index < -0.39 is 0 Å². The lowest BCUT2D eigenvalue weighted by atomic mass is 10.0. The number of carbonyl (C=O) groups is 1. The van der Waals surface area contributed by atoms with Crippen molar-refractivity contribution in [2.24, 2.45) is 5.73 Å². The van der Waals surface area contributed by atoms with E-state index in [-0.39, 0.29) is 5.91 Å². The number of para-hydroxylation sites is 1. The number of primary amides is 1. The summed E-state index contributed by atoms with van der Waals surface area (Å²) in [5.41, 5.74) is 8.80. The van der Waals surface area contributed by atoms with Crippen molar-refractivity contribution in [2.75, 3.05) is 5.32 Å². The van der Waals surface area contributed by atoms with Crippen LogP contribution >= 0.6 is 11.3 Å². The molecule has 1 aromatic heterocycles. The standard InChI is InChI=1S/C12H10N2OS/c13-11(15)10-6-8-5-7-3-1-2-4-9(7)14-12(8)16-10/h1-4,6,14H,5H2,(H2,13,15). The Bertz CT molecular complexity index is 532. The van der Waals surface area contributed by atoms with Gasteiger partial charge in [0.15, 0.2) is 0 Å². The molecule has 0 unspecified atom stereocenters. The number of nitrogens with two attached hydrogens (primary N) is 1. The fraction of sp³-hybridized carbons (Fsp3) is 0.0833. The number of anilines is 2. The minimum absolute atomic E-state index is 0.356. The molecule has 0 fully saturated rings. The van der Waals surface area contributed by atoms with E-state index in [1.165, 1.54) is 16.9 Å². The Hall–Kier alpha value is -1.81. The number of hydrogen-bond donors (Lipinski definition) is 2. The quantitative estimate of drug-likeness (QED) is 0.674. The largest absolute Gasteiger partial charge is 0.365 e. The van der Waals surface area contributed by atoms with Gasteiger partial charge in [0.05, 0.1) is 9.88 Å². The average molecular weight is 230 g/mol. The van der Waals surface area contributed by atoms with Gasteiger partial charge in [-0.3, -0.25) is 4.79 Å². The molecule has 0 bridgehead atoms. The van der Waals surface area contributed by atoms with Gasteiger partial charge in [-0.2, -0.15) is 0 Å². The zero-order chi connectivity index (χ0) is 11.1. The molecule has 80 valence electrons. The van der Waals surface area contributed by atoms with Gasteiger partial charge in [0, 0.05) is 12.1 Å². The Morgan fingerprint density at radius 3 is 2.94 bits per heavy atom. The van der Waals surface area contributed by atoms with Gasteiger partial charge in [-0.15, -0.1) is 11.3 Å². The first-order valence-electron chi connectivity index (χ1n) is 5.01. The van der Waals surface area contributed by atoms with Crippen molar-refractivity contribution in [3.63, 3.8) is 0 Å². The van der Waals surface area contributed by atoms with Crippen LogP contribution in [-0.4, -0.2) is 5.91 Å². The van der Waals surface area contributed by atoms with E-state index in [4.69, 9.17) is 5.73 Å². The fourth-order valence-electron chi connectivity index (χ4n) is 1.91. The molecule has 16 heavy (non-hydrogen) atoms. The van der Waals surface area contributed by atoms with Crippen LogP contribution in [0.5, 0.6) is 0 Å². The highest BCUT2D eigenvalue weighted by atomic mass is 32.1. The SMILES string of the molecule is NC(=O)c1cc2c(s1)Nc1ccccc1C2. The highest BCUT2D eigenvalue weighted by molar-refractivity contribution is 7.18. The highest BCUT2D eigenvalue weighted by Crippen LogP contribution is 2.38. The molecule has 3 N–H and O–H groups in total. The van der Waals surface area contributed by atoms with E-state index in [0.29, 0.717) is 4.88 Å². The lowest BCUT2D eigenvalue weighted by molar-refractivity contribution is 0.100. The van der Waals surface area contributed by atoms with Gasteiger partial charge in [0.2, 0.25) is 0 Å². The molecule has 0 spiro atoms. The summed E-state index contributed by atoms with van der Waals surface area (Å²) in [6, 6.07) is 10.0. The molecular weight excluding hydrogens is 220 g/mol. The molecule has 0 saturated heterocycles. The molecule has 1 amide bonds. The number of fused-ring (bicyclic) bond motifs is 2. The van der Waals surface area contributed by atoms with Crippen LogP contribution in [0.4, 0.5) is 10.7 Å². The normalized spacial score (nSPS) is 12.5. The van der Waals surface area contributed by atoms with E-state index in [1.807, 2.05) is 24.3 Å². The zero-order valence-corrected chi connectivity index (χ0v) is 9.30. The van der Waals surface area contributed by atoms with Crippen LogP contribution in [0.15, 0.2) is 30.3 Å². The van der Waals surface area contributed by atoms with Crippen LogP contribution in [0.3, 0.4) is 0 Å². The van der Waals surface area contributed by atoms with Crippen molar-refractivity contribution < 1.29 is 4.79 Å². The second kappa shape index (κ2) is 3.35. The third kappa shape index (κ3) is 1.39. The second-order valence-corrected chi connectivity index (χ2v) is 4.84. The Labute approximate surface area is 96.9 Å². The van der Waals surface area contributed by atoms with Crippen LogP contribution in [0, 0.1) is 0 Å². The Balaban J connectivity index is 2.06. The van der Waals surface area contributed by atoms with Crippen molar-refractivity contribution >= 4 is 27.9 Å². The first-order valence-corrected chi connectivity index (χ1v) is 5.83. The average Bonchev–Trinajstić information content (AvgIpc) is 2.68. The van der Waals surface area contributed by atoms with E-state index in [0.717, 1.165) is 22.7 Å². The molecule has 1 aliphatic rings. The molecule has 0 saturated carbocycles. The maximum atomic E-state index is 11.1. The van der Waals surface area contributed by atoms with E-state index >= 15 is 0 Å². The summed E-state index contributed by atoms with van der Waals surface area (Å²) in [5.74, 6) is -0.356. The third-order valence-electron chi connectivity index (χ3n) is 2.70. The summed E-state index contributed by atoms with van der Waals surface area (Å²) in [4.78, 5) is 11.7. The van der Waals surface area contributed by atoms with Crippen molar-refractivity contribution in [2.45, 2.75) is 6.42 Å². The van der Waals surface area contributed by atoms with Gasteiger partial charge in [0.25, 0.3) is 5.91 Å². The van der Waals surface area contributed by atoms with Crippen molar-refractivity contribution in [3.05, 3.63) is 46.3 Å². The van der Waals surface area contributed by atoms with Crippen LogP contribution < -0.4 is 11.1 Å². The van der Waals surface area contributed by atoms with Crippen LogP contribution in [-0.2, 0) is 6.42 Å². The van der Waals surface area contributed by atoms with Gasteiger partial charge in [0.1, 0.15) is 0 Å². The summed E-state index contributed by atoms with van der Waals surface area (Å²) in [5, 5.41) is 4.36. The van der Waals surface area contributed by atoms with E-state index in [9.17, 15) is 4.79 Å². The lowest BCUT2D eigenvalue weighted by Gasteiger charge is -2.17. The molecule has 0 atom stereocenters. The third-order valence-corrected chi connectivity index (χ3v) is 3.81. The number of carbonyl (C=O) groups excluding carboxylic acids is 1. The van der Waals surface area contributed by atoms with Crippen molar-refractivity contribution in [1.82, 2.24) is 0 Å². The number of nitrogens with one attached hydrogen (secondary N) is 1. The highest BCUT2D eigenvalue weighted by Gasteiger charge is 2.18. The molecular formula is C12H10N2OS. The number of amides is 1. The molecule has 2 heterocycles. The topological polar surface area (TPSA) is 55.1 Å². The smallest absolute Gasteiger partial charge is 0.258 e. The van der Waals surface area contributed by atoms with Gasteiger partial charge < -0.3 is 11.1 Å². The van der Waals surface area contributed by atoms with Gasteiger partial charge >= 0.3 is 0 Å². The number of rotatable bonds is 1. The number of hydrogen-bond acceptors (Lipinski definition) is 3. The molecule has 3 rings (SSSR count). The maximum Gasteiger partial charge on any atom is 0.258 e. The molecule has 0 aliphatic carbocycles. The summed E-state index contributed by atoms with van der Waals surface area (Å²) >= 11 is 1.42. The summed E-state index contributed by atoms with van der Waals surface area (Å²) < 4.78 is 0. The van der Waals surface area contributed by atoms with Crippen molar-refractivity contribution in [3.8, 4) is 0 Å². The molecule has 1 aliphatic heterocycles. The summed E-state index contributed by atoms with van der Waals surface area (Å²) in [6.07, 6.45) is 0.863. The second-order valence-electron chi connectivity index (χ2n) is 3.79. The fourth-order valence-corrected chi connectivity index (χ4v) is 2.86. The molecule has 2 aromatic rings. The predicted octanol–water partition coefficient (Wildman–Crippen LogP) is 2.49. The van der Waals surface area contributed by atoms with Gasteiger partial charge in [-0.05, 0) is 23.3 Å². The van der Waals surface area contributed by atoms with Crippen LogP contribution in [0.25, 0.3) is 0 Å². The molecule has 1 aromatic carbocycles. The summed E-state index contributed by atoms with van der Waals surface area (Å²) in [6.45, 7) is 0. The Morgan fingerprint density at radius 1 is 1.31 bits per heavy atom. The van der Waals surface area contributed by atoms with Crippen molar-refractivity contribution in [1.29, 1.82) is 0 Å². The molecule has 3 nitrogen and oxygen atoms in total. The Morgan fingerprint density at radius 2 is 2.12 bits per heavy atom. The number of thiophene rings is 1. The monoisotopic (exact) mass is 230 g/mol. The minimum atomic E-state index is -0.356. The zero-order valence-electron chi connectivity index (χ0n) is 8.49. The first kappa shape index (κ1) is 9.42. The Kier molecular flexibility index (Phi) is 1.97. The predicted molar refractivity (Wildman–Crippen MR) is 65.4 cm³/mol. The van der Waals surface area contributed by atoms with E-state index in [1.54, 1.807) is 0 Å². The van der Waals surface area contributed by atoms with Crippen LogP contribution in [0.2, 0.25) is 0 Å². The van der Waals surface area contributed by atoms with Gasteiger partial charge in [-0.25, -0.2) is 0 Å². The summed E-state index contributed by atoms with van der Waals surface area (Å²) in [7, 11) is 0. The van der Waals surface area contributed by atoms with Crippen LogP contribution in [0.1, 0.15) is 20.8 Å². The maximum absolute atomic E-state index is 11.1. The number of benzene rings is 1. The first-order chi connectivity index (χ1) is 7.74. The van der Waals surface area contributed by atoms with E-state index in [2.05, 4.69) is 11.4 Å². The molecule has 4 heteroatoms.